The van der Waals surface area contributed by atoms with Gasteiger partial charge in [0.1, 0.15) is 6.04 Å². The van der Waals surface area contributed by atoms with E-state index in [-0.39, 0.29) is 0 Å². The third kappa shape index (κ3) is 4.76. The van der Waals surface area contributed by atoms with E-state index in [1.165, 1.54) is 18.9 Å². The molecule has 0 bridgehead atoms. The van der Waals surface area contributed by atoms with Crippen LogP contribution in [0.15, 0.2) is 53.4 Å². The van der Waals surface area contributed by atoms with Gasteiger partial charge in [0, 0.05) is 11.3 Å². The van der Waals surface area contributed by atoms with Gasteiger partial charge < -0.3 is 10.1 Å². The maximum Gasteiger partial charge on any atom is 0.328 e. The van der Waals surface area contributed by atoms with Crippen molar-refractivity contribution in [3.63, 3.8) is 0 Å². The summed E-state index contributed by atoms with van der Waals surface area (Å²) < 4.78 is 4.81. The number of nitrogens with one attached hydrogen (secondary N) is 1. The second-order valence-electron chi connectivity index (χ2n) is 5.08. The van der Waals surface area contributed by atoms with E-state index in [1.54, 1.807) is 12.1 Å². The fourth-order valence-corrected chi connectivity index (χ4v) is 2.87. The lowest BCUT2D eigenvalue weighted by Gasteiger charge is -2.17. The Hall–Kier alpha value is -1.98. The van der Waals surface area contributed by atoms with Crippen LogP contribution in [0.25, 0.3) is 0 Å². The number of hydrogen-bond donors (Lipinski definition) is 1. The third-order valence-corrected chi connectivity index (χ3v) is 4.55. The van der Waals surface area contributed by atoms with Gasteiger partial charge in [-0.1, -0.05) is 41.9 Å². The Balaban J connectivity index is 2.20. The van der Waals surface area contributed by atoms with Crippen LogP contribution in [0.4, 0.5) is 0 Å². The summed E-state index contributed by atoms with van der Waals surface area (Å²) in [6.07, 6.45) is 2.26. The SMILES string of the molecule is COC(=O)C(Cc1ccccc1)NC(=O)c1cc(SC)ccc1Cl. The van der Waals surface area contributed by atoms with Crippen molar-refractivity contribution in [1.29, 1.82) is 0 Å². The molecular formula is C18H18ClNO3S. The number of esters is 1. The van der Waals surface area contributed by atoms with Crippen LogP contribution in [-0.2, 0) is 16.0 Å². The summed E-state index contributed by atoms with van der Waals surface area (Å²) in [7, 11) is 1.30. The van der Waals surface area contributed by atoms with E-state index >= 15 is 0 Å². The monoisotopic (exact) mass is 363 g/mol. The molecule has 0 fully saturated rings. The van der Waals surface area contributed by atoms with E-state index in [0.717, 1.165) is 10.5 Å². The topological polar surface area (TPSA) is 55.4 Å². The number of thioether (sulfide) groups is 1. The van der Waals surface area contributed by atoms with Crippen molar-refractivity contribution in [3.8, 4) is 0 Å². The number of carbonyl (C=O) groups is 2. The maximum atomic E-state index is 12.5. The second-order valence-corrected chi connectivity index (χ2v) is 6.37. The number of amides is 1. The van der Waals surface area contributed by atoms with E-state index in [1.807, 2.05) is 42.7 Å². The molecule has 1 atom stereocenters. The van der Waals surface area contributed by atoms with Crippen LogP contribution in [0.5, 0.6) is 0 Å². The molecule has 0 aliphatic carbocycles. The average Bonchev–Trinajstić information content (AvgIpc) is 2.61. The van der Waals surface area contributed by atoms with Gasteiger partial charge >= 0.3 is 5.97 Å². The molecule has 0 aromatic heterocycles. The second kappa shape index (κ2) is 8.76. The van der Waals surface area contributed by atoms with Gasteiger partial charge in [0.2, 0.25) is 0 Å². The van der Waals surface area contributed by atoms with Crippen LogP contribution in [0.3, 0.4) is 0 Å². The third-order valence-electron chi connectivity index (χ3n) is 3.49. The molecule has 4 nitrogen and oxygen atoms in total. The van der Waals surface area contributed by atoms with Crippen molar-refractivity contribution < 1.29 is 14.3 Å². The van der Waals surface area contributed by atoms with Gasteiger partial charge in [0.05, 0.1) is 17.7 Å². The molecule has 24 heavy (non-hydrogen) atoms. The zero-order valence-corrected chi connectivity index (χ0v) is 15.0. The first-order valence-corrected chi connectivity index (χ1v) is 8.91. The maximum absolute atomic E-state index is 12.5. The molecule has 2 aromatic carbocycles. The molecule has 6 heteroatoms. The fourth-order valence-electron chi connectivity index (χ4n) is 2.23. The average molecular weight is 364 g/mol. The Kier molecular flexibility index (Phi) is 6.70. The van der Waals surface area contributed by atoms with Crippen LogP contribution in [0.1, 0.15) is 15.9 Å². The van der Waals surface area contributed by atoms with E-state index in [4.69, 9.17) is 16.3 Å². The summed E-state index contributed by atoms with van der Waals surface area (Å²) in [6.45, 7) is 0. The van der Waals surface area contributed by atoms with Gasteiger partial charge in [-0.15, -0.1) is 11.8 Å². The van der Waals surface area contributed by atoms with E-state index in [9.17, 15) is 9.59 Å². The van der Waals surface area contributed by atoms with E-state index < -0.39 is 17.9 Å². The standard InChI is InChI=1S/C18H18ClNO3S/c1-23-18(22)16(10-12-6-4-3-5-7-12)20-17(21)14-11-13(24-2)8-9-15(14)19/h3-9,11,16H,10H2,1-2H3,(H,20,21). The highest BCUT2D eigenvalue weighted by molar-refractivity contribution is 7.98. The minimum absolute atomic E-state index is 0.338. The predicted octanol–water partition coefficient (Wildman–Crippen LogP) is 3.58. The van der Waals surface area contributed by atoms with Gasteiger partial charge in [0.15, 0.2) is 0 Å². The zero-order chi connectivity index (χ0) is 17.5. The Morgan fingerprint density at radius 2 is 1.92 bits per heavy atom. The van der Waals surface area contributed by atoms with Crippen molar-refractivity contribution in [2.45, 2.75) is 17.4 Å². The van der Waals surface area contributed by atoms with Crippen LogP contribution in [-0.4, -0.2) is 31.3 Å². The molecule has 0 saturated carbocycles. The van der Waals surface area contributed by atoms with Crippen LogP contribution >= 0.6 is 23.4 Å². The minimum atomic E-state index is -0.779. The molecule has 2 aromatic rings. The molecule has 1 unspecified atom stereocenters. The molecule has 0 aliphatic heterocycles. The normalized spacial score (nSPS) is 11.6. The number of benzene rings is 2. The first-order valence-electron chi connectivity index (χ1n) is 7.31. The van der Waals surface area contributed by atoms with Crippen molar-refractivity contribution in [2.75, 3.05) is 13.4 Å². The predicted molar refractivity (Wildman–Crippen MR) is 96.6 cm³/mol. The summed E-state index contributed by atoms with van der Waals surface area (Å²) in [6, 6.07) is 13.9. The van der Waals surface area contributed by atoms with Crippen molar-refractivity contribution in [3.05, 3.63) is 64.7 Å². The lowest BCUT2D eigenvalue weighted by molar-refractivity contribution is -0.142. The van der Waals surface area contributed by atoms with Gasteiger partial charge in [-0.25, -0.2) is 4.79 Å². The Morgan fingerprint density at radius 1 is 1.21 bits per heavy atom. The molecule has 2 rings (SSSR count). The lowest BCUT2D eigenvalue weighted by Crippen LogP contribution is -2.43. The van der Waals surface area contributed by atoms with E-state index in [0.29, 0.717) is 17.0 Å². The number of methoxy groups -OCH3 is 1. The van der Waals surface area contributed by atoms with Crippen LogP contribution in [0.2, 0.25) is 5.02 Å². The molecular weight excluding hydrogens is 346 g/mol. The van der Waals surface area contributed by atoms with Crippen molar-refractivity contribution in [2.24, 2.45) is 0 Å². The highest BCUT2D eigenvalue weighted by atomic mass is 35.5. The number of hydrogen-bond acceptors (Lipinski definition) is 4. The van der Waals surface area contributed by atoms with Crippen LogP contribution < -0.4 is 5.32 Å². The molecule has 0 aliphatic rings. The Labute approximate surface area is 150 Å². The van der Waals surface area contributed by atoms with Gasteiger partial charge in [-0.2, -0.15) is 0 Å². The van der Waals surface area contributed by atoms with Gasteiger partial charge in [-0.3, -0.25) is 4.79 Å². The van der Waals surface area contributed by atoms with Gasteiger partial charge in [-0.05, 0) is 30.0 Å². The number of rotatable bonds is 6. The molecule has 0 radical (unpaired) electrons. The highest BCUT2D eigenvalue weighted by Crippen LogP contribution is 2.23. The molecule has 126 valence electrons. The fraction of sp³-hybridized carbons (Fsp3) is 0.222. The smallest absolute Gasteiger partial charge is 0.328 e. The molecule has 0 spiro atoms. The summed E-state index contributed by atoms with van der Waals surface area (Å²) in [5.41, 5.74) is 1.27. The first kappa shape index (κ1) is 18.4. The largest absolute Gasteiger partial charge is 0.467 e. The Bertz CT molecular complexity index is 721. The van der Waals surface area contributed by atoms with Crippen molar-refractivity contribution in [1.82, 2.24) is 5.32 Å². The lowest BCUT2D eigenvalue weighted by atomic mass is 10.1. The zero-order valence-electron chi connectivity index (χ0n) is 13.4. The summed E-state index contributed by atoms with van der Waals surface area (Å²) in [4.78, 5) is 25.5. The molecule has 0 heterocycles. The minimum Gasteiger partial charge on any atom is -0.467 e. The summed E-state index contributed by atoms with van der Waals surface area (Å²) in [5, 5.41) is 3.06. The highest BCUT2D eigenvalue weighted by Gasteiger charge is 2.23. The van der Waals surface area contributed by atoms with Crippen LogP contribution in [0, 0.1) is 0 Å². The van der Waals surface area contributed by atoms with E-state index in [2.05, 4.69) is 5.32 Å². The first-order chi connectivity index (χ1) is 11.5. The molecule has 0 saturated heterocycles. The van der Waals surface area contributed by atoms with Gasteiger partial charge in [0.25, 0.3) is 5.91 Å². The number of halogens is 1. The molecule has 1 N–H and O–H groups in total. The Morgan fingerprint density at radius 3 is 2.54 bits per heavy atom. The number of carbonyl (C=O) groups excluding carboxylic acids is 2. The summed E-state index contributed by atoms with van der Waals surface area (Å²) >= 11 is 7.63. The molecule has 1 amide bonds. The number of ether oxygens (including phenoxy) is 1. The van der Waals surface area contributed by atoms with Crippen molar-refractivity contribution >= 4 is 35.2 Å². The summed E-state index contributed by atoms with van der Waals surface area (Å²) in [5.74, 6) is -0.897. The quantitative estimate of drug-likeness (QED) is 0.629.